The fraction of sp³-hybridized carbons (Fsp3) is 0.0625. The van der Waals surface area contributed by atoms with E-state index in [1.165, 1.54) is 12.1 Å². The zero-order chi connectivity index (χ0) is 15.9. The van der Waals surface area contributed by atoms with Gasteiger partial charge < -0.3 is 16.4 Å². The van der Waals surface area contributed by atoms with Gasteiger partial charge in [0.1, 0.15) is 0 Å². The molecule has 2 aromatic carbocycles. The fourth-order valence-corrected chi connectivity index (χ4v) is 1.84. The molecular weight excluding hydrogens is 282 g/mol. The lowest BCUT2D eigenvalue weighted by Gasteiger charge is -2.09. The maximum Gasteiger partial charge on any atom is 0.313 e. The van der Waals surface area contributed by atoms with Crippen molar-refractivity contribution in [1.82, 2.24) is 5.32 Å². The van der Waals surface area contributed by atoms with Gasteiger partial charge in [-0.05, 0) is 17.7 Å². The van der Waals surface area contributed by atoms with Gasteiger partial charge in [-0.1, -0.05) is 42.5 Å². The van der Waals surface area contributed by atoms with Gasteiger partial charge >= 0.3 is 11.8 Å². The zero-order valence-corrected chi connectivity index (χ0v) is 11.7. The minimum absolute atomic E-state index is 0.145. The summed E-state index contributed by atoms with van der Waals surface area (Å²) in [5, 5.41) is 4.88. The highest BCUT2D eigenvalue weighted by Gasteiger charge is 2.16. The van der Waals surface area contributed by atoms with Crippen molar-refractivity contribution >= 4 is 23.4 Å². The third-order valence-corrected chi connectivity index (χ3v) is 2.94. The number of amides is 3. The third-order valence-electron chi connectivity index (χ3n) is 2.94. The molecule has 3 amide bonds. The first-order valence-corrected chi connectivity index (χ1v) is 6.60. The number of carbonyl (C=O) groups is 3. The maximum absolute atomic E-state index is 11.8. The van der Waals surface area contributed by atoms with E-state index in [0.717, 1.165) is 5.56 Å². The van der Waals surface area contributed by atoms with Crippen LogP contribution in [0.1, 0.15) is 15.9 Å². The molecule has 0 bridgehead atoms. The van der Waals surface area contributed by atoms with Gasteiger partial charge in [0.2, 0.25) is 0 Å². The summed E-state index contributed by atoms with van der Waals surface area (Å²) in [5.41, 5.74) is 6.44. The van der Waals surface area contributed by atoms with Crippen LogP contribution in [0, 0.1) is 0 Å². The Balaban J connectivity index is 1.97. The Morgan fingerprint density at radius 2 is 1.50 bits per heavy atom. The molecule has 112 valence electrons. The second kappa shape index (κ2) is 7.03. The molecule has 2 aromatic rings. The molecule has 0 atom stereocenters. The summed E-state index contributed by atoms with van der Waals surface area (Å²) in [6.45, 7) is 0.241. The molecule has 0 unspecified atom stereocenters. The van der Waals surface area contributed by atoms with Crippen molar-refractivity contribution in [3.63, 3.8) is 0 Å². The van der Waals surface area contributed by atoms with Crippen molar-refractivity contribution < 1.29 is 14.4 Å². The summed E-state index contributed by atoms with van der Waals surface area (Å²) >= 11 is 0. The summed E-state index contributed by atoms with van der Waals surface area (Å²) in [4.78, 5) is 34.8. The molecule has 0 saturated heterocycles. The molecule has 0 aromatic heterocycles. The number of benzene rings is 2. The Morgan fingerprint density at radius 3 is 2.18 bits per heavy atom. The lowest BCUT2D eigenvalue weighted by Crippen LogP contribution is -2.35. The van der Waals surface area contributed by atoms with Gasteiger partial charge in [0.05, 0.1) is 11.3 Å². The number of anilines is 1. The Hall–Kier alpha value is -3.15. The minimum Gasteiger partial charge on any atom is -0.366 e. The van der Waals surface area contributed by atoms with Crippen molar-refractivity contribution in [1.29, 1.82) is 0 Å². The Labute approximate surface area is 127 Å². The van der Waals surface area contributed by atoms with Crippen LogP contribution in [0.4, 0.5) is 5.69 Å². The first kappa shape index (κ1) is 15.2. The van der Waals surface area contributed by atoms with E-state index in [1.807, 2.05) is 30.3 Å². The maximum atomic E-state index is 11.8. The second-order valence-corrected chi connectivity index (χ2v) is 4.53. The monoisotopic (exact) mass is 297 g/mol. The SMILES string of the molecule is NC(=O)c1ccccc1NC(=O)C(=O)NCc1ccccc1. The zero-order valence-electron chi connectivity index (χ0n) is 11.7. The van der Waals surface area contributed by atoms with E-state index in [0.29, 0.717) is 0 Å². The Kier molecular flexibility index (Phi) is 4.87. The number of nitrogens with two attached hydrogens (primary N) is 1. The number of carbonyl (C=O) groups excluding carboxylic acids is 3. The van der Waals surface area contributed by atoms with E-state index in [9.17, 15) is 14.4 Å². The summed E-state index contributed by atoms with van der Waals surface area (Å²) in [6.07, 6.45) is 0. The molecule has 6 nitrogen and oxygen atoms in total. The average Bonchev–Trinajstić information content (AvgIpc) is 2.53. The lowest BCUT2D eigenvalue weighted by molar-refractivity contribution is -0.136. The number of rotatable bonds is 4. The molecule has 0 aliphatic carbocycles. The smallest absolute Gasteiger partial charge is 0.313 e. The van der Waals surface area contributed by atoms with Crippen LogP contribution < -0.4 is 16.4 Å². The van der Waals surface area contributed by atoms with Gasteiger partial charge in [-0.25, -0.2) is 0 Å². The first-order chi connectivity index (χ1) is 10.6. The van der Waals surface area contributed by atoms with Crippen LogP contribution in [-0.2, 0) is 16.1 Å². The largest absolute Gasteiger partial charge is 0.366 e. The van der Waals surface area contributed by atoms with Crippen molar-refractivity contribution in [3.8, 4) is 0 Å². The van der Waals surface area contributed by atoms with Gasteiger partial charge in [0.25, 0.3) is 5.91 Å². The summed E-state index contributed by atoms with van der Waals surface area (Å²) < 4.78 is 0. The quantitative estimate of drug-likeness (QED) is 0.735. The normalized spacial score (nSPS) is 9.82. The molecule has 0 saturated carbocycles. The van der Waals surface area contributed by atoms with E-state index >= 15 is 0 Å². The molecule has 22 heavy (non-hydrogen) atoms. The van der Waals surface area contributed by atoms with E-state index in [2.05, 4.69) is 10.6 Å². The standard InChI is InChI=1S/C16H15N3O3/c17-14(20)12-8-4-5-9-13(12)19-16(22)15(21)18-10-11-6-2-1-3-7-11/h1-9H,10H2,(H2,17,20)(H,18,21)(H,19,22). The van der Waals surface area contributed by atoms with Crippen LogP contribution in [0.3, 0.4) is 0 Å². The summed E-state index contributed by atoms with van der Waals surface area (Å²) in [6, 6.07) is 15.4. The Bertz CT molecular complexity index is 699. The highest BCUT2D eigenvalue weighted by atomic mass is 16.2. The van der Waals surface area contributed by atoms with Crippen LogP contribution in [0.25, 0.3) is 0 Å². The predicted molar refractivity (Wildman–Crippen MR) is 81.9 cm³/mol. The molecule has 4 N–H and O–H groups in total. The molecule has 0 aliphatic rings. The lowest BCUT2D eigenvalue weighted by atomic mass is 10.1. The van der Waals surface area contributed by atoms with Crippen molar-refractivity contribution in [2.75, 3.05) is 5.32 Å². The Morgan fingerprint density at radius 1 is 0.864 bits per heavy atom. The van der Waals surface area contributed by atoms with Gasteiger partial charge in [-0.3, -0.25) is 14.4 Å². The highest BCUT2D eigenvalue weighted by molar-refractivity contribution is 6.40. The van der Waals surface area contributed by atoms with E-state index in [1.54, 1.807) is 12.1 Å². The highest BCUT2D eigenvalue weighted by Crippen LogP contribution is 2.13. The number of hydrogen-bond acceptors (Lipinski definition) is 3. The molecule has 6 heteroatoms. The minimum atomic E-state index is -0.857. The van der Waals surface area contributed by atoms with Crippen molar-refractivity contribution in [2.24, 2.45) is 5.73 Å². The second-order valence-electron chi connectivity index (χ2n) is 4.53. The average molecular weight is 297 g/mol. The fourth-order valence-electron chi connectivity index (χ4n) is 1.84. The number of hydrogen-bond donors (Lipinski definition) is 3. The molecule has 0 radical (unpaired) electrons. The van der Waals surface area contributed by atoms with Crippen molar-refractivity contribution in [3.05, 3.63) is 65.7 Å². The molecular formula is C16H15N3O3. The van der Waals surface area contributed by atoms with Crippen molar-refractivity contribution in [2.45, 2.75) is 6.54 Å². The number of primary amides is 1. The molecule has 0 fully saturated rings. The first-order valence-electron chi connectivity index (χ1n) is 6.60. The van der Waals surface area contributed by atoms with E-state index in [4.69, 9.17) is 5.73 Å². The summed E-state index contributed by atoms with van der Waals surface area (Å²) in [5.74, 6) is -2.33. The van der Waals surface area contributed by atoms with E-state index in [-0.39, 0.29) is 17.8 Å². The topological polar surface area (TPSA) is 101 Å². The van der Waals surface area contributed by atoms with Crippen LogP contribution in [0.2, 0.25) is 0 Å². The van der Waals surface area contributed by atoms with Crippen LogP contribution in [0.15, 0.2) is 54.6 Å². The number of para-hydroxylation sites is 1. The van der Waals surface area contributed by atoms with E-state index < -0.39 is 17.7 Å². The number of nitrogens with one attached hydrogen (secondary N) is 2. The third kappa shape index (κ3) is 3.92. The van der Waals surface area contributed by atoms with Gasteiger partial charge in [-0.2, -0.15) is 0 Å². The predicted octanol–water partition coefficient (Wildman–Crippen LogP) is 1.04. The molecule has 0 spiro atoms. The van der Waals surface area contributed by atoms with Crippen LogP contribution in [-0.4, -0.2) is 17.7 Å². The van der Waals surface area contributed by atoms with Crippen LogP contribution >= 0.6 is 0 Å². The van der Waals surface area contributed by atoms with Gasteiger partial charge in [0, 0.05) is 6.54 Å². The summed E-state index contributed by atoms with van der Waals surface area (Å²) in [7, 11) is 0. The van der Waals surface area contributed by atoms with Gasteiger partial charge in [-0.15, -0.1) is 0 Å². The molecule has 0 heterocycles. The molecule has 2 rings (SSSR count). The molecule has 0 aliphatic heterocycles. The van der Waals surface area contributed by atoms with Crippen LogP contribution in [0.5, 0.6) is 0 Å². The van der Waals surface area contributed by atoms with Gasteiger partial charge in [0.15, 0.2) is 0 Å².